The van der Waals surface area contributed by atoms with Gasteiger partial charge in [0, 0.05) is 17.6 Å². The minimum Gasteiger partial charge on any atom is -0.476 e. The average molecular weight is 246 g/mol. The molecule has 2 rings (SSSR count). The quantitative estimate of drug-likeness (QED) is 0.892. The zero-order valence-corrected chi connectivity index (χ0v) is 10.5. The van der Waals surface area contributed by atoms with E-state index in [0.717, 1.165) is 11.4 Å². The van der Waals surface area contributed by atoms with E-state index in [9.17, 15) is 4.79 Å². The molecule has 0 amide bonds. The largest absolute Gasteiger partial charge is 0.476 e. The van der Waals surface area contributed by atoms with Gasteiger partial charge in [0.15, 0.2) is 5.69 Å². The zero-order chi connectivity index (χ0) is 13.3. The molecule has 0 bridgehead atoms. The molecule has 0 unspecified atom stereocenters. The summed E-state index contributed by atoms with van der Waals surface area (Å²) < 4.78 is 1.38. The molecule has 0 aliphatic rings. The summed E-state index contributed by atoms with van der Waals surface area (Å²) in [5, 5.41) is 12.7. The van der Waals surface area contributed by atoms with Gasteiger partial charge in [0.2, 0.25) is 0 Å². The predicted molar refractivity (Wildman–Crippen MR) is 64.9 cm³/mol. The van der Waals surface area contributed by atoms with Gasteiger partial charge in [-0.25, -0.2) is 19.4 Å². The fourth-order valence-electron chi connectivity index (χ4n) is 1.52. The van der Waals surface area contributed by atoms with E-state index in [1.807, 2.05) is 26.8 Å². The molecule has 6 heteroatoms. The highest BCUT2D eigenvalue weighted by molar-refractivity contribution is 5.85. The highest BCUT2D eigenvalue weighted by Gasteiger charge is 2.11. The first kappa shape index (κ1) is 12.2. The number of nitrogens with zero attached hydrogens (tertiary/aromatic N) is 4. The minimum absolute atomic E-state index is 0.0220. The third-order valence-corrected chi connectivity index (χ3v) is 2.47. The lowest BCUT2D eigenvalue weighted by Crippen LogP contribution is -2.08. The first-order valence-electron chi connectivity index (χ1n) is 5.62. The summed E-state index contributed by atoms with van der Waals surface area (Å²) in [6.07, 6.45) is 1.54. The monoisotopic (exact) mass is 246 g/mol. The van der Waals surface area contributed by atoms with Crippen molar-refractivity contribution >= 4 is 5.97 Å². The van der Waals surface area contributed by atoms with Crippen molar-refractivity contribution in [1.29, 1.82) is 0 Å². The van der Waals surface area contributed by atoms with Crippen LogP contribution < -0.4 is 0 Å². The summed E-state index contributed by atoms with van der Waals surface area (Å²) in [7, 11) is 0. The van der Waals surface area contributed by atoms with Crippen LogP contribution in [0.5, 0.6) is 0 Å². The van der Waals surface area contributed by atoms with Crippen LogP contribution in [0.15, 0.2) is 18.3 Å². The molecule has 18 heavy (non-hydrogen) atoms. The normalized spacial score (nSPS) is 10.9. The molecular formula is C12H14N4O2. The Morgan fingerprint density at radius 2 is 2.11 bits per heavy atom. The number of aromatic carboxylic acids is 1. The van der Waals surface area contributed by atoms with Gasteiger partial charge in [-0.05, 0) is 25.0 Å². The second-order valence-corrected chi connectivity index (χ2v) is 4.34. The second-order valence-electron chi connectivity index (χ2n) is 4.34. The van der Waals surface area contributed by atoms with Crippen LogP contribution >= 0.6 is 0 Å². The van der Waals surface area contributed by atoms with E-state index in [2.05, 4.69) is 15.1 Å². The molecule has 0 spiro atoms. The van der Waals surface area contributed by atoms with E-state index in [1.165, 1.54) is 10.7 Å². The lowest BCUT2D eigenvalue weighted by molar-refractivity contribution is 0.0690. The first-order valence-corrected chi connectivity index (χ1v) is 5.62. The van der Waals surface area contributed by atoms with Crippen molar-refractivity contribution in [1.82, 2.24) is 19.7 Å². The maximum absolute atomic E-state index is 10.8. The van der Waals surface area contributed by atoms with Crippen LogP contribution in [0.1, 0.15) is 41.6 Å². The molecule has 0 saturated heterocycles. The molecule has 1 N–H and O–H groups in total. The second kappa shape index (κ2) is 4.56. The van der Waals surface area contributed by atoms with Crippen LogP contribution in [0.25, 0.3) is 5.95 Å². The van der Waals surface area contributed by atoms with Crippen LogP contribution in [-0.4, -0.2) is 30.8 Å². The first-order chi connectivity index (χ1) is 8.47. The Labute approximate surface area is 104 Å². The number of aryl methyl sites for hydroxylation is 1. The van der Waals surface area contributed by atoms with Crippen molar-refractivity contribution in [2.75, 3.05) is 0 Å². The molecule has 6 nitrogen and oxygen atoms in total. The van der Waals surface area contributed by atoms with Crippen LogP contribution in [0.2, 0.25) is 0 Å². The van der Waals surface area contributed by atoms with Crippen molar-refractivity contribution in [3.63, 3.8) is 0 Å². The predicted octanol–water partition coefficient (Wildman–Crippen LogP) is 1.79. The van der Waals surface area contributed by atoms with E-state index >= 15 is 0 Å². The van der Waals surface area contributed by atoms with Gasteiger partial charge in [-0.3, -0.25) is 0 Å². The Hall–Kier alpha value is -2.24. The van der Waals surface area contributed by atoms with Crippen molar-refractivity contribution in [3.05, 3.63) is 35.4 Å². The summed E-state index contributed by atoms with van der Waals surface area (Å²) >= 11 is 0. The highest BCUT2D eigenvalue weighted by atomic mass is 16.4. The molecule has 94 valence electrons. The lowest BCUT2D eigenvalue weighted by atomic mass is 10.1. The maximum Gasteiger partial charge on any atom is 0.356 e. The van der Waals surface area contributed by atoms with Crippen molar-refractivity contribution < 1.29 is 9.90 Å². The van der Waals surface area contributed by atoms with E-state index in [1.54, 1.807) is 6.20 Å². The number of hydrogen-bond donors (Lipinski definition) is 1. The molecule has 0 radical (unpaired) electrons. The molecule has 0 aliphatic carbocycles. The smallest absolute Gasteiger partial charge is 0.356 e. The fraction of sp³-hybridized carbons (Fsp3) is 0.333. The van der Waals surface area contributed by atoms with Crippen LogP contribution in [-0.2, 0) is 0 Å². The fourth-order valence-corrected chi connectivity index (χ4v) is 1.52. The molecular weight excluding hydrogens is 232 g/mol. The Morgan fingerprint density at radius 3 is 2.67 bits per heavy atom. The Morgan fingerprint density at radius 1 is 1.39 bits per heavy atom. The van der Waals surface area contributed by atoms with Gasteiger partial charge >= 0.3 is 5.97 Å². The number of rotatable bonds is 3. The third kappa shape index (κ3) is 2.37. The molecule has 0 atom stereocenters. The van der Waals surface area contributed by atoms with Gasteiger partial charge in [0.25, 0.3) is 5.95 Å². The van der Waals surface area contributed by atoms with E-state index in [-0.39, 0.29) is 11.6 Å². The molecule has 2 heterocycles. The topological polar surface area (TPSA) is 80.9 Å². The highest BCUT2D eigenvalue weighted by Crippen LogP contribution is 2.14. The number of carboxylic acid groups (broad SMARTS) is 1. The number of carboxylic acids is 1. The van der Waals surface area contributed by atoms with E-state index in [4.69, 9.17) is 5.11 Å². The van der Waals surface area contributed by atoms with Crippen molar-refractivity contribution in [3.8, 4) is 5.95 Å². The molecule has 0 saturated carbocycles. The minimum atomic E-state index is -1.06. The number of aromatic nitrogens is 4. The Balaban J connectivity index is 2.46. The van der Waals surface area contributed by atoms with E-state index < -0.39 is 5.97 Å². The van der Waals surface area contributed by atoms with Gasteiger partial charge in [0.1, 0.15) is 0 Å². The van der Waals surface area contributed by atoms with Gasteiger partial charge < -0.3 is 5.11 Å². The van der Waals surface area contributed by atoms with Gasteiger partial charge in [-0.2, -0.15) is 5.10 Å². The van der Waals surface area contributed by atoms with Gasteiger partial charge in [0.05, 0.1) is 0 Å². The van der Waals surface area contributed by atoms with Crippen LogP contribution in [0.3, 0.4) is 0 Å². The SMILES string of the molecule is Cc1cc(C(C)C)nc(-n2ccc(C(=O)O)n2)n1. The molecule has 2 aromatic rings. The molecule has 0 fully saturated rings. The number of hydrogen-bond acceptors (Lipinski definition) is 4. The maximum atomic E-state index is 10.8. The van der Waals surface area contributed by atoms with Crippen molar-refractivity contribution in [2.45, 2.75) is 26.7 Å². The average Bonchev–Trinajstić information content (AvgIpc) is 2.77. The zero-order valence-electron chi connectivity index (χ0n) is 10.5. The van der Waals surface area contributed by atoms with E-state index in [0.29, 0.717) is 5.95 Å². The van der Waals surface area contributed by atoms with Crippen LogP contribution in [0, 0.1) is 6.92 Å². The third-order valence-electron chi connectivity index (χ3n) is 2.47. The summed E-state index contributed by atoms with van der Waals surface area (Å²) in [4.78, 5) is 19.4. The molecule has 2 aromatic heterocycles. The number of carbonyl (C=O) groups is 1. The van der Waals surface area contributed by atoms with Gasteiger partial charge in [-0.1, -0.05) is 13.8 Å². The standard InChI is InChI=1S/C12H14N4O2/c1-7(2)10-6-8(3)13-12(14-10)16-5-4-9(15-16)11(17)18/h4-7H,1-3H3,(H,17,18). The lowest BCUT2D eigenvalue weighted by Gasteiger charge is -2.07. The summed E-state index contributed by atoms with van der Waals surface area (Å²) in [5.41, 5.74) is 1.71. The summed E-state index contributed by atoms with van der Waals surface area (Å²) in [5.74, 6) is -0.392. The molecule has 0 aromatic carbocycles. The summed E-state index contributed by atoms with van der Waals surface area (Å²) in [6, 6.07) is 3.33. The molecule has 0 aliphatic heterocycles. The Bertz CT molecular complexity index is 590. The summed E-state index contributed by atoms with van der Waals surface area (Å²) in [6.45, 7) is 5.95. The van der Waals surface area contributed by atoms with Crippen molar-refractivity contribution in [2.24, 2.45) is 0 Å². The Kier molecular flexibility index (Phi) is 3.10. The van der Waals surface area contributed by atoms with Gasteiger partial charge in [-0.15, -0.1) is 0 Å². The van der Waals surface area contributed by atoms with Crippen LogP contribution in [0.4, 0.5) is 0 Å².